The molecule has 0 aliphatic heterocycles. The molecule has 2 rings (SSSR count). The number of benzene rings is 1. The highest BCUT2D eigenvalue weighted by molar-refractivity contribution is 8.03. The van der Waals surface area contributed by atoms with Crippen LogP contribution < -0.4 is 11.5 Å². The molecule has 5 nitrogen and oxygen atoms in total. The predicted octanol–water partition coefficient (Wildman–Crippen LogP) is 2.09. The van der Waals surface area contributed by atoms with E-state index in [0.29, 0.717) is 11.3 Å². The fourth-order valence-corrected chi connectivity index (χ4v) is 3.67. The van der Waals surface area contributed by atoms with Crippen LogP contribution in [0.15, 0.2) is 31.8 Å². The van der Waals surface area contributed by atoms with Gasteiger partial charge in [0.2, 0.25) is 5.91 Å². The summed E-state index contributed by atoms with van der Waals surface area (Å²) in [5.74, 6) is -0.473. The number of aromatic nitrogens is 2. The average Bonchev–Trinajstić information content (AvgIpc) is 2.79. The highest BCUT2D eigenvalue weighted by Gasteiger charge is 2.10. The number of anilines is 1. The van der Waals surface area contributed by atoms with Crippen molar-refractivity contribution in [2.75, 3.05) is 12.0 Å². The molecular formula is C10H10N4OS3. The molecule has 4 N–H and O–H groups in total. The van der Waals surface area contributed by atoms with E-state index in [-0.39, 0.29) is 0 Å². The second-order valence-corrected chi connectivity index (χ2v) is 6.58. The van der Waals surface area contributed by atoms with Gasteiger partial charge in [-0.15, -0.1) is 10.2 Å². The van der Waals surface area contributed by atoms with Crippen LogP contribution in [-0.4, -0.2) is 22.4 Å². The van der Waals surface area contributed by atoms with Gasteiger partial charge < -0.3 is 11.5 Å². The van der Waals surface area contributed by atoms with Crippen molar-refractivity contribution in [3.8, 4) is 0 Å². The van der Waals surface area contributed by atoms with Gasteiger partial charge in [-0.2, -0.15) is 0 Å². The van der Waals surface area contributed by atoms with Crippen molar-refractivity contribution in [2.45, 2.75) is 13.6 Å². The van der Waals surface area contributed by atoms with Crippen LogP contribution in [0.5, 0.6) is 0 Å². The number of nitrogens with zero attached hydrogens (tertiary/aromatic N) is 2. The smallest absolute Gasteiger partial charge is 0.248 e. The molecule has 0 saturated heterocycles. The molecule has 0 fully saturated rings. The SMILES string of the molecule is CSc1nnc(Sc2cc(C(N)=O)ccc2N)s1. The number of carbonyl (C=O) groups excluding carboxylic acids is 1. The Bertz CT molecular complexity index is 584. The summed E-state index contributed by atoms with van der Waals surface area (Å²) in [7, 11) is 0. The first kappa shape index (κ1) is 13.2. The third-order valence-corrected chi connectivity index (χ3v) is 5.08. The lowest BCUT2D eigenvalue weighted by molar-refractivity contribution is 0.1000. The molecule has 8 heteroatoms. The van der Waals surface area contributed by atoms with E-state index in [2.05, 4.69) is 10.2 Å². The quantitative estimate of drug-likeness (QED) is 0.663. The molecule has 94 valence electrons. The molecule has 0 bridgehead atoms. The molecule has 2 aromatic rings. The lowest BCUT2D eigenvalue weighted by Gasteiger charge is -2.04. The van der Waals surface area contributed by atoms with Crippen molar-refractivity contribution < 1.29 is 4.79 Å². The number of carbonyl (C=O) groups is 1. The van der Waals surface area contributed by atoms with Gasteiger partial charge in [-0.25, -0.2) is 0 Å². The minimum absolute atomic E-state index is 0.432. The Kier molecular flexibility index (Phi) is 4.10. The second kappa shape index (κ2) is 5.59. The largest absolute Gasteiger partial charge is 0.398 e. The first-order valence-corrected chi connectivity index (χ1v) is 7.70. The maximum atomic E-state index is 11.1. The minimum atomic E-state index is -0.473. The van der Waals surface area contributed by atoms with Crippen LogP contribution in [0.1, 0.15) is 10.4 Å². The highest BCUT2D eigenvalue weighted by Crippen LogP contribution is 2.36. The lowest BCUT2D eigenvalue weighted by atomic mass is 10.2. The van der Waals surface area contributed by atoms with Gasteiger partial charge in [-0.3, -0.25) is 4.79 Å². The van der Waals surface area contributed by atoms with E-state index in [1.807, 2.05) is 6.26 Å². The molecular weight excluding hydrogens is 288 g/mol. The molecule has 1 aromatic carbocycles. The lowest BCUT2D eigenvalue weighted by Crippen LogP contribution is -2.11. The van der Waals surface area contributed by atoms with Gasteiger partial charge in [0.15, 0.2) is 8.68 Å². The van der Waals surface area contributed by atoms with Crippen LogP contribution in [0.4, 0.5) is 5.69 Å². The van der Waals surface area contributed by atoms with Crippen LogP contribution >= 0.6 is 34.9 Å². The van der Waals surface area contributed by atoms with Crippen molar-refractivity contribution in [3.63, 3.8) is 0 Å². The first-order chi connectivity index (χ1) is 8.60. The molecule has 0 radical (unpaired) electrons. The van der Waals surface area contributed by atoms with Gasteiger partial charge in [-0.05, 0) is 24.5 Å². The third kappa shape index (κ3) is 2.95. The van der Waals surface area contributed by atoms with Gasteiger partial charge in [0.1, 0.15) is 0 Å². The van der Waals surface area contributed by atoms with E-state index in [4.69, 9.17) is 11.5 Å². The molecule has 0 atom stereocenters. The van der Waals surface area contributed by atoms with Crippen LogP contribution in [-0.2, 0) is 0 Å². The summed E-state index contributed by atoms with van der Waals surface area (Å²) in [4.78, 5) is 11.9. The average molecular weight is 298 g/mol. The maximum Gasteiger partial charge on any atom is 0.248 e. The van der Waals surface area contributed by atoms with E-state index in [9.17, 15) is 4.79 Å². The second-order valence-electron chi connectivity index (χ2n) is 3.26. The number of amides is 1. The number of hydrogen-bond donors (Lipinski definition) is 2. The highest BCUT2D eigenvalue weighted by atomic mass is 32.2. The Morgan fingerprint density at radius 2 is 2.06 bits per heavy atom. The third-order valence-electron chi connectivity index (χ3n) is 2.06. The summed E-state index contributed by atoms with van der Waals surface area (Å²) in [6.45, 7) is 0. The number of nitrogens with two attached hydrogens (primary N) is 2. The topological polar surface area (TPSA) is 94.9 Å². The number of thioether (sulfide) groups is 1. The fraction of sp³-hybridized carbons (Fsp3) is 0.100. The number of hydrogen-bond acceptors (Lipinski definition) is 7. The summed E-state index contributed by atoms with van der Waals surface area (Å²) in [5, 5.41) is 8.03. The molecule has 18 heavy (non-hydrogen) atoms. The Hall–Kier alpha value is -1.25. The van der Waals surface area contributed by atoms with Crippen molar-refractivity contribution >= 4 is 46.5 Å². The van der Waals surface area contributed by atoms with Crippen LogP contribution in [0.3, 0.4) is 0 Å². The molecule has 0 aliphatic rings. The zero-order valence-electron chi connectivity index (χ0n) is 9.41. The van der Waals surface area contributed by atoms with Crippen molar-refractivity contribution in [1.82, 2.24) is 10.2 Å². The maximum absolute atomic E-state index is 11.1. The number of rotatable bonds is 4. The minimum Gasteiger partial charge on any atom is -0.398 e. The van der Waals surface area contributed by atoms with E-state index in [1.165, 1.54) is 34.9 Å². The molecule has 0 unspecified atom stereocenters. The summed E-state index contributed by atoms with van der Waals surface area (Å²) in [6.07, 6.45) is 1.94. The summed E-state index contributed by atoms with van der Waals surface area (Å²) < 4.78 is 1.68. The standard InChI is InChI=1S/C10H10N4OS3/c1-16-9-13-14-10(18-9)17-7-4-5(8(12)15)2-3-6(7)11/h2-4H,11H2,1H3,(H2,12,15). The molecule has 1 heterocycles. The van der Waals surface area contributed by atoms with E-state index in [0.717, 1.165) is 13.6 Å². The first-order valence-electron chi connectivity index (χ1n) is 4.85. The molecule has 1 aromatic heterocycles. The van der Waals surface area contributed by atoms with E-state index < -0.39 is 5.91 Å². The summed E-state index contributed by atoms with van der Waals surface area (Å²) >= 11 is 4.40. The summed E-state index contributed by atoms with van der Waals surface area (Å²) in [6, 6.07) is 4.94. The van der Waals surface area contributed by atoms with Crippen molar-refractivity contribution in [2.24, 2.45) is 5.73 Å². The Labute approximate surface area is 116 Å². The van der Waals surface area contributed by atoms with Gasteiger partial charge in [0.25, 0.3) is 0 Å². The Morgan fingerprint density at radius 1 is 1.33 bits per heavy atom. The Morgan fingerprint density at radius 3 is 2.67 bits per heavy atom. The van der Waals surface area contributed by atoms with Crippen LogP contribution in [0.2, 0.25) is 0 Å². The van der Waals surface area contributed by atoms with Crippen molar-refractivity contribution in [3.05, 3.63) is 23.8 Å². The van der Waals surface area contributed by atoms with Crippen LogP contribution in [0, 0.1) is 0 Å². The Balaban J connectivity index is 2.27. The molecule has 0 aliphatic carbocycles. The number of primary amides is 1. The predicted molar refractivity (Wildman–Crippen MR) is 75.2 cm³/mol. The van der Waals surface area contributed by atoms with Gasteiger partial charge >= 0.3 is 0 Å². The van der Waals surface area contributed by atoms with Gasteiger partial charge in [0.05, 0.1) is 0 Å². The van der Waals surface area contributed by atoms with E-state index >= 15 is 0 Å². The summed E-state index contributed by atoms with van der Waals surface area (Å²) in [5.41, 5.74) is 12.1. The van der Waals surface area contributed by atoms with Crippen molar-refractivity contribution in [1.29, 1.82) is 0 Å². The zero-order valence-corrected chi connectivity index (χ0v) is 11.9. The van der Waals surface area contributed by atoms with Crippen LogP contribution in [0.25, 0.3) is 0 Å². The van der Waals surface area contributed by atoms with Gasteiger partial charge in [-0.1, -0.05) is 34.9 Å². The molecule has 0 saturated carbocycles. The monoisotopic (exact) mass is 298 g/mol. The zero-order chi connectivity index (χ0) is 13.1. The van der Waals surface area contributed by atoms with Gasteiger partial charge in [0, 0.05) is 16.1 Å². The van der Waals surface area contributed by atoms with E-state index in [1.54, 1.807) is 18.2 Å². The molecule has 1 amide bonds. The fourth-order valence-electron chi connectivity index (χ4n) is 1.19. The normalized spacial score (nSPS) is 10.5. The molecule has 0 spiro atoms. The number of nitrogen functional groups attached to an aromatic ring is 1.